The maximum Gasteiger partial charge on any atom is 0.299 e. The molecule has 0 atom stereocenters. The molecule has 0 fully saturated rings. The summed E-state index contributed by atoms with van der Waals surface area (Å²) in [4.78, 5) is 0. The van der Waals surface area contributed by atoms with E-state index in [2.05, 4.69) is 31.2 Å². The zero-order chi connectivity index (χ0) is 15.0. The summed E-state index contributed by atoms with van der Waals surface area (Å²) in [5.41, 5.74) is 0.179. The molecule has 21 heavy (non-hydrogen) atoms. The lowest BCUT2D eigenvalue weighted by atomic mass is 10.3. The van der Waals surface area contributed by atoms with Crippen molar-refractivity contribution < 1.29 is 17.9 Å². The Labute approximate surface area is 124 Å². The lowest BCUT2D eigenvalue weighted by molar-refractivity contribution is 0.137. The Hall–Kier alpha value is -2.16. The molecule has 0 saturated heterocycles. The predicted molar refractivity (Wildman–Crippen MR) is 69.9 cm³/mol. The van der Waals surface area contributed by atoms with E-state index in [1.54, 1.807) is 0 Å². The monoisotopic (exact) mass is 358 g/mol. The molecule has 0 amide bonds. The van der Waals surface area contributed by atoms with Gasteiger partial charge in [0.1, 0.15) is 11.6 Å². The number of fused-ring (bicyclic) bond motifs is 1. The Morgan fingerprint density at radius 1 is 1.14 bits per heavy atom. The van der Waals surface area contributed by atoms with Crippen molar-refractivity contribution in [1.29, 1.82) is 0 Å². The van der Waals surface area contributed by atoms with Crippen LogP contribution in [0.25, 0.3) is 5.65 Å². The quantitative estimate of drug-likeness (QED) is 0.715. The summed E-state index contributed by atoms with van der Waals surface area (Å²) in [7, 11) is 0. The molecule has 0 spiro atoms. The van der Waals surface area contributed by atoms with Crippen LogP contribution in [-0.4, -0.2) is 19.8 Å². The molecular formula is C12H6BrF3N4O. The Morgan fingerprint density at radius 3 is 2.67 bits per heavy atom. The molecule has 2 aromatic heterocycles. The first kappa shape index (κ1) is 13.8. The summed E-state index contributed by atoms with van der Waals surface area (Å²) in [5.74, 6) is -0.648. The molecule has 0 radical (unpaired) electrons. The van der Waals surface area contributed by atoms with Crippen LogP contribution in [0, 0.1) is 5.82 Å². The van der Waals surface area contributed by atoms with E-state index in [-0.39, 0.29) is 16.0 Å². The molecule has 0 aliphatic carbocycles. The minimum atomic E-state index is -2.80. The van der Waals surface area contributed by atoms with Gasteiger partial charge in [0.05, 0.1) is 4.47 Å². The van der Waals surface area contributed by atoms with E-state index in [1.807, 2.05) is 0 Å². The van der Waals surface area contributed by atoms with Crippen molar-refractivity contribution in [2.45, 2.75) is 6.43 Å². The van der Waals surface area contributed by atoms with Gasteiger partial charge in [0, 0.05) is 6.07 Å². The van der Waals surface area contributed by atoms with Crippen molar-refractivity contribution in [1.82, 2.24) is 19.8 Å². The van der Waals surface area contributed by atoms with Gasteiger partial charge in [0.25, 0.3) is 6.43 Å². The third-order valence-electron chi connectivity index (χ3n) is 2.57. The summed E-state index contributed by atoms with van der Waals surface area (Å²) in [6, 6.07) is 6.91. The van der Waals surface area contributed by atoms with Gasteiger partial charge in [-0.1, -0.05) is 0 Å². The van der Waals surface area contributed by atoms with E-state index in [0.29, 0.717) is 5.75 Å². The Morgan fingerprint density at radius 2 is 1.95 bits per heavy atom. The minimum absolute atomic E-state index is 0.0581. The van der Waals surface area contributed by atoms with Crippen molar-refractivity contribution in [3.63, 3.8) is 0 Å². The van der Waals surface area contributed by atoms with Gasteiger partial charge >= 0.3 is 0 Å². The highest BCUT2D eigenvalue weighted by atomic mass is 79.9. The number of hydrogen-bond donors (Lipinski definition) is 0. The Balaban J connectivity index is 1.96. The molecule has 0 aliphatic heterocycles. The average Bonchev–Trinajstić information content (AvgIpc) is 2.86. The first-order valence-electron chi connectivity index (χ1n) is 5.68. The zero-order valence-corrected chi connectivity index (χ0v) is 11.8. The summed E-state index contributed by atoms with van der Waals surface area (Å²) < 4.78 is 45.1. The molecule has 108 valence electrons. The molecule has 1 aromatic carbocycles. The molecule has 5 nitrogen and oxygen atoms in total. The fourth-order valence-corrected chi connectivity index (χ4v) is 2.00. The van der Waals surface area contributed by atoms with E-state index in [0.717, 1.165) is 4.52 Å². The lowest BCUT2D eigenvalue weighted by Gasteiger charge is -2.06. The van der Waals surface area contributed by atoms with Crippen LogP contribution in [0.3, 0.4) is 0 Å². The fourth-order valence-electron chi connectivity index (χ4n) is 1.64. The Kier molecular flexibility index (Phi) is 3.50. The van der Waals surface area contributed by atoms with Gasteiger partial charge in [-0.05, 0) is 40.2 Å². The van der Waals surface area contributed by atoms with Crippen LogP contribution in [0.4, 0.5) is 13.2 Å². The van der Waals surface area contributed by atoms with E-state index in [1.165, 1.54) is 30.3 Å². The Bertz CT molecular complexity index is 808. The molecule has 3 aromatic rings. The molecule has 3 rings (SSSR count). The average molecular weight is 359 g/mol. The second-order valence-electron chi connectivity index (χ2n) is 3.98. The molecular weight excluding hydrogens is 353 g/mol. The summed E-state index contributed by atoms with van der Waals surface area (Å²) in [5, 5.41) is 10.8. The fraction of sp³-hybridized carbons (Fsp3) is 0.0833. The van der Waals surface area contributed by atoms with E-state index in [9.17, 15) is 13.2 Å². The first-order chi connectivity index (χ1) is 10.0. The number of nitrogens with zero attached hydrogens (tertiary/aromatic N) is 4. The van der Waals surface area contributed by atoms with E-state index >= 15 is 0 Å². The highest BCUT2D eigenvalue weighted by molar-refractivity contribution is 9.10. The van der Waals surface area contributed by atoms with E-state index < -0.39 is 18.1 Å². The topological polar surface area (TPSA) is 52.3 Å². The van der Waals surface area contributed by atoms with Gasteiger partial charge in [0.15, 0.2) is 5.65 Å². The van der Waals surface area contributed by atoms with E-state index in [4.69, 9.17) is 4.74 Å². The maximum atomic E-state index is 13.1. The maximum absolute atomic E-state index is 13.1. The van der Waals surface area contributed by atoms with Crippen molar-refractivity contribution in [2.24, 2.45) is 0 Å². The number of rotatable bonds is 3. The van der Waals surface area contributed by atoms with Gasteiger partial charge < -0.3 is 4.74 Å². The number of ether oxygens (including phenoxy) is 1. The van der Waals surface area contributed by atoms with Crippen molar-refractivity contribution in [2.75, 3.05) is 0 Å². The molecule has 0 aliphatic rings. The number of halogens is 4. The second kappa shape index (κ2) is 5.32. The predicted octanol–water partition coefficient (Wildman–Crippen LogP) is 3.76. The van der Waals surface area contributed by atoms with Crippen LogP contribution in [0.15, 0.2) is 34.8 Å². The van der Waals surface area contributed by atoms with Gasteiger partial charge in [0.2, 0.25) is 11.7 Å². The van der Waals surface area contributed by atoms with Crippen LogP contribution < -0.4 is 4.74 Å². The van der Waals surface area contributed by atoms with Crippen LogP contribution >= 0.6 is 15.9 Å². The van der Waals surface area contributed by atoms with Gasteiger partial charge in [-0.15, -0.1) is 15.3 Å². The lowest BCUT2D eigenvalue weighted by Crippen LogP contribution is -2.01. The zero-order valence-electron chi connectivity index (χ0n) is 10.2. The van der Waals surface area contributed by atoms with Gasteiger partial charge in [-0.25, -0.2) is 13.2 Å². The van der Waals surface area contributed by atoms with Crippen molar-refractivity contribution >= 4 is 21.6 Å². The van der Waals surface area contributed by atoms with Crippen LogP contribution in [-0.2, 0) is 0 Å². The number of aromatic nitrogens is 4. The van der Waals surface area contributed by atoms with Gasteiger partial charge in [-0.2, -0.15) is 4.52 Å². The third kappa shape index (κ3) is 2.68. The standard InChI is InChI=1S/C12H6BrF3N4O/c13-7-5-6(1-2-8(7)14)21-10-4-3-9-17-18-12(11(15)16)20(9)19-10/h1-5,11H. The van der Waals surface area contributed by atoms with Crippen molar-refractivity contribution in [3.05, 3.63) is 46.4 Å². The number of hydrogen-bond acceptors (Lipinski definition) is 4. The molecule has 0 N–H and O–H groups in total. The van der Waals surface area contributed by atoms with Crippen LogP contribution in [0.2, 0.25) is 0 Å². The summed E-state index contributed by atoms with van der Waals surface area (Å²) in [6.07, 6.45) is -2.80. The SMILES string of the molecule is Fc1ccc(Oc2ccc3nnc(C(F)F)n3n2)cc1Br. The minimum Gasteiger partial charge on any atom is -0.438 e. The third-order valence-corrected chi connectivity index (χ3v) is 3.18. The summed E-state index contributed by atoms with van der Waals surface area (Å²) >= 11 is 3.02. The molecule has 0 bridgehead atoms. The molecule has 0 saturated carbocycles. The smallest absolute Gasteiger partial charge is 0.299 e. The van der Waals surface area contributed by atoms with Crippen molar-refractivity contribution in [3.8, 4) is 11.6 Å². The highest BCUT2D eigenvalue weighted by Crippen LogP contribution is 2.26. The number of alkyl halides is 2. The number of benzene rings is 1. The normalized spacial score (nSPS) is 11.3. The molecule has 2 heterocycles. The van der Waals surface area contributed by atoms with Crippen LogP contribution in [0.1, 0.15) is 12.2 Å². The molecule has 9 heteroatoms. The summed E-state index contributed by atoms with van der Waals surface area (Å²) in [6.45, 7) is 0. The highest BCUT2D eigenvalue weighted by Gasteiger charge is 2.17. The van der Waals surface area contributed by atoms with Gasteiger partial charge in [-0.3, -0.25) is 0 Å². The molecule has 0 unspecified atom stereocenters. The second-order valence-corrected chi connectivity index (χ2v) is 4.83. The largest absolute Gasteiger partial charge is 0.438 e. The van der Waals surface area contributed by atoms with Crippen LogP contribution in [0.5, 0.6) is 11.6 Å². The first-order valence-corrected chi connectivity index (χ1v) is 6.47.